The number of ether oxygens (including phenoxy) is 1. The first-order valence-corrected chi connectivity index (χ1v) is 17.8. The van der Waals surface area contributed by atoms with Gasteiger partial charge in [-0.05, 0) is 55.0 Å². The van der Waals surface area contributed by atoms with Gasteiger partial charge in [0, 0.05) is 30.6 Å². The Labute approximate surface area is 283 Å². The predicted octanol–water partition coefficient (Wildman–Crippen LogP) is 5.56. The Bertz CT molecular complexity index is 1450. The summed E-state index contributed by atoms with van der Waals surface area (Å²) in [5.74, 6) is -1.14. The lowest BCUT2D eigenvalue weighted by Gasteiger charge is -2.43. The van der Waals surface area contributed by atoms with Crippen molar-refractivity contribution >= 4 is 35.2 Å². The normalized spacial score (nSPS) is 27.2. The van der Waals surface area contributed by atoms with Gasteiger partial charge in [-0.1, -0.05) is 69.7 Å². The summed E-state index contributed by atoms with van der Waals surface area (Å²) < 4.78 is 4.81. The zero-order chi connectivity index (χ0) is 33.9. The molecule has 2 bridgehead atoms. The summed E-state index contributed by atoms with van der Waals surface area (Å²) in [5, 5.41) is 10.7. The molecule has 1 N–H and O–H groups in total. The molecule has 8 atom stereocenters. The first-order chi connectivity index (χ1) is 22.7. The molecule has 8 nitrogen and oxygen atoms in total. The molecular weight excluding hydrogens is 611 g/mol. The van der Waals surface area contributed by atoms with E-state index in [1.807, 2.05) is 75.4 Å². The summed E-state index contributed by atoms with van der Waals surface area (Å²) in [4.78, 5) is 49.8. The van der Waals surface area contributed by atoms with Crippen LogP contribution < -0.4 is 9.64 Å². The third-order valence-electron chi connectivity index (χ3n) is 10.5. The molecule has 3 fully saturated rings. The summed E-state index contributed by atoms with van der Waals surface area (Å²) >= 11 is 1.66. The van der Waals surface area contributed by atoms with Gasteiger partial charge in [0.2, 0.25) is 17.7 Å². The number of benzene rings is 2. The van der Waals surface area contributed by atoms with Crippen LogP contribution in [0.15, 0.2) is 79.9 Å². The fourth-order valence-electron chi connectivity index (χ4n) is 8.08. The molecule has 3 heterocycles. The molecular formula is C38H49N3O5S. The van der Waals surface area contributed by atoms with Crippen LogP contribution in [0.1, 0.15) is 46.1 Å². The fourth-order valence-corrected chi connectivity index (χ4v) is 10.5. The van der Waals surface area contributed by atoms with Crippen molar-refractivity contribution in [1.29, 1.82) is 0 Å². The van der Waals surface area contributed by atoms with Crippen LogP contribution in [0.25, 0.3) is 0 Å². The lowest BCUT2D eigenvalue weighted by Crippen LogP contribution is -2.60. The largest absolute Gasteiger partial charge is 0.494 e. The van der Waals surface area contributed by atoms with E-state index in [1.54, 1.807) is 38.6 Å². The molecule has 3 aliphatic heterocycles. The van der Waals surface area contributed by atoms with Gasteiger partial charge in [0.25, 0.3) is 0 Å². The van der Waals surface area contributed by atoms with Crippen LogP contribution in [0, 0.1) is 23.7 Å². The number of hydrogen-bond donors (Lipinski definition) is 1. The second-order valence-electron chi connectivity index (χ2n) is 13.1. The Morgan fingerprint density at radius 3 is 2.36 bits per heavy atom. The molecule has 5 rings (SSSR count). The lowest BCUT2D eigenvalue weighted by atomic mass is 9.65. The zero-order valence-electron chi connectivity index (χ0n) is 28.1. The number of fused-ring (bicyclic) bond motifs is 1. The Hall–Kier alpha value is -3.56. The Morgan fingerprint density at radius 1 is 1.09 bits per heavy atom. The first kappa shape index (κ1) is 34.8. The van der Waals surface area contributed by atoms with E-state index in [0.717, 1.165) is 18.4 Å². The molecule has 252 valence electrons. The number of amides is 3. The molecule has 0 radical (unpaired) electrons. The molecule has 3 saturated heterocycles. The van der Waals surface area contributed by atoms with Gasteiger partial charge in [-0.2, -0.15) is 0 Å². The number of aliphatic hydroxyl groups is 1. The molecule has 2 aromatic carbocycles. The highest BCUT2D eigenvalue weighted by molar-refractivity contribution is 8.02. The van der Waals surface area contributed by atoms with E-state index in [9.17, 15) is 19.5 Å². The van der Waals surface area contributed by atoms with E-state index in [1.165, 1.54) is 0 Å². The van der Waals surface area contributed by atoms with Crippen LogP contribution in [0.2, 0.25) is 0 Å². The lowest BCUT2D eigenvalue weighted by molar-refractivity contribution is -0.147. The van der Waals surface area contributed by atoms with Crippen LogP contribution in [0.3, 0.4) is 0 Å². The van der Waals surface area contributed by atoms with E-state index in [4.69, 9.17) is 4.74 Å². The number of nitrogens with zero attached hydrogens (tertiary/aromatic N) is 3. The first-order valence-electron chi connectivity index (χ1n) is 16.9. The van der Waals surface area contributed by atoms with Crippen molar-refractivity contribution in [2.75, 3.05) is 31.2 Å². The van der Waals surface area contributed by atoms with Crippen LogP contribution >= 0.6 is 11.8 Å². The molecule has 0 aromatic heterocycles. The van der Waals surface area contributed by atoms with E-state index < -0.39 is 28.7 Å². The minimum atomic E-state index is -0.823. The van der Waals surface area contributed by atoms with Gasteiger partial charge < -0.3 is 24.5 Å². The molecule has 3 amide bonds. The molecule has 2 aromatic rings. The highest BCUT2D eigenvalue weighted by Gasteiger charge is 2.77. The van der Waals surface area contributed by atoms with Crippen molar-refractivity contribution in [1.82, 2.24) is 9.80 Å². The summed E-state index contributed by atoms with van der Waals surface area (Å²) in [6, 6.07) is 15.8. The fraction of sp³-hybridized carbons (Fsp3) is 0.500. The third kappa shape index (κ3) is 6.13. The third-order valence-corrected chi connectivity index (χ3v) is 12.5. The Morgan fingerprint density at radius 2 is 1.77 bits per heavy atom. The second-order valence-corrected chi connectivity index (χ2v) is 14.6. The summed E-state index contributed by atoms with van der Waals surface area (Å²) in [6.07, 6.45) is 4.87. The van der Waals surface area contributed by atoms with Crippen molar-refractivity contribution in [3.05, 3.63) is 85.5 Å². The number of hydrogen-bond acceptors (Lipinski definition) is 6. The molecule has 47 heavy (non-hydrogen) atoms. The highest BCUT2D eigenvalue weighted by atomic mass is 32.2. The van der Waals surface area contributed by atoms with Gasteiger partial charge in [0.05, 0.1) is 35.8 Å². The average Bonchev–Trinajstić information content (AvgIpc) is 3.68. The number of carbonyl (C=O) groups excluding carboxylic acids is 3. The zero-order valence-corrected chi connectivity index (χ0v) is 28.9. The molecule has 9 heteroatoms. The smallest absolute Gasteiger partial charge is 0.247 e. The maximum atomic E-state index is 15.0. The van der Waals surface area contributed by atoms with Crippen molar-refractivity contribution in [3.8, 4) is 5.75 Å². The Balaban J connectivity index is 1.59. The minimum Gasteiger partial charge on any atom is -0.494 e. The van der Waals surface area contributed by atoms with Gasteiger partial charge in [-0.15, -0.1) is 24.9 Å². The number of anilines is 1. The minimum absolute atomic E-state index is 0.00589. The summed E-state index contributed by atoms with van der Waals surface area (Å²) in [5.41, 5.74) is 1.68. The Kier molecular flexibility index (Phi) is 10.9. The number of carbonyl (C=O) groups is 3. The van der Waals surface area contributed by atoms with Crippen molar-refractivity contribution < 1.29 is 24.2 Å². The monoisotopic (exact) mass is 659 g/mol. The van der Waals surface area contributed by atoms with Gasteiger partial charge >= 0.3 is 0 Å². The van der Waals surface area contributed by atoms with Crippen molar-refractivity contribution in [3.63, 3.8) is 0 Å². The highest BCUT2D eigenvalue weighted by Crippen LogP contribution is 2.69. The van der Waals surface area contributed by atoms with Crippen molar-refractivity contribution in [2.24, 2.45) is 23.7 Å². The number of aliphatic hydroxyl groups excluding tert-OH is 1. The molecule has 1 spiro atoms. The standard InChI is InChI=1S/C38H49N3O5S/c1-7-20-39(23-27-14-12-11-13-15-27)37(45)34-38-26(6)22-31(47-38)32(33(38)36(44)41(34)30(24-42)25(5)9-3)35(43)40(21-8-2)28-16-18-29(19-17-28)46-10-4/h7-8,11-19,25-26,30-34,42H,1-2,9-10,20-24H2,3-6H3/t25-,26?,30-,31+,32-,33-,34?,38?/m0/s1. The van der Waals surface area contributed by atoms with Crippen LogP contribution in [-0.2, 0) is 20.9 Å². The van der Waals surface area contributed by atoms with Crippen LogP contribution in [0.4, 0.5) is 5.69 Å². The molecule has 0 saturated carbocycles. The molecule has 0 aliphatic carbocycles. The van der Waals surface area contributed by atoms with Crippen LogP contribution in [-0.4, -0.2) is 81.0 Å². The average molecular weight is 660 g/mol. The summed E-state index contributed by atoms with van der Waals surface area (Å²) in [7, 11) is 0. The van der Waals surface area contributed by atoms with Gasteiger partial charge in [-0.3, -0.25) is 14.4 Å². The van der Waals surface area contributed by atoms with Gasteiger partial charge in [-0.25, -0.2) is 0 Å². The van der Waals surface area contributed by atoms with E-state index >= 15 is 0 Å². The van der Waals surface area contributed by atoms with E-state index in [-0.39, 0.29) is 48.0 Å². The quantitative estimate of drug-likeness (QED) is 0.252. The maximum absolute atomic E-state index is 15.0. The number of thioether (sulfide) groups is 1. The summed E-state index contributed by atoms with van der Waals surface area (Å²) in [6.45, 7) is 17.2. The SMILES string of the molecule is C=CCN(Cc1ccccc1)C(=O)C1N([C@@H](CO)[C@@H](C)CC)C(=O)[C@@H]2[C@@H](C(=O)N(CC=C)c3ccc(OCC)cc3)[C@H]3CC(C)C12S3. The predicted molar refractivity (Wildman–Crippen MR) is 188 cm³/mol. The number of likely N-dealkylation sites (tertiary alicyclic amines) is 1. The van der Waals surface area contributed by atoms with Crippen molar-refractivity contribution in [2.45, 2.75) is 69.2 Å². The molecule has 3 unspecified atom stereocenters. The second kappa shape index (κ2) is 14.7. The van der Waals surface area contributed by atoms with Crippen LogP contribution in [0.5, 0.6) is 5.75 Å². The maximum Gasteiger partial charge on any atom is 0.247 e. The topological polar surface area (TPSA) is 90.4 Å². The number of rotatable bonds is 15. The van der Waals surface area contributed by atoms with Gasteiger partial charge in [0.15, 0.2) is 0 Å². The van der Waals surface area contributed by atoms with E-state index in [0.29, 0.717) is 31.1 Å². The van der Waals surface area contributed by atoms with E-state index in [2.05, 4.69) is 20.1 Å². The van der Waals surface area contributed by atoms with Gasteiger partial charge in [0.1, 0.15) is 11.8 Å². The molecule has 3 aliphatic rings.